The highest BCUT2D eigenvalue weighted by atomic mass is 35.5. The number of carboxylic acid groups (broad SMARTS) is 1. The fourth-order valence-electron chi connectivity index (χ4n) is 2.62. The highest BCUT2D eigenvalue weighted by Crippen LogP contribution is 2.37. The van der Waals surface area contributed by atoms with E-state index in [0.717, 1.165) is 5.56 Å². The molecule has 0 spiro atoms. The number of benzene rings is 2. The summed E-state index contributed by atoms with van der Waals surface area (Å²) in [6, 6.07) is 14.6. The van der Waals surface area contributed by atoms with Crippen molar-refractivity contribution in [2.45, 2.75) is 20.0 Å². The van der Waals surface area contributed by atoms with Gasteiger partial charge in [0.1, 0.15) is 5.56 Å². The van der Waals surface area contributed by atoms with Gasteiger partial charge in [0.05, 0.1) is 11.6 Å². The van der Waals surface area contributed by atoms with Gasteiger partial charge in [-0.15, -0.1) is 0 Å². The van der Waals surface area contributed by atoms with Crippen LogP contribution in [-0.2, 0) is 0 Å². The molecule has 0 aliphatic heterocycles. The third-order valence-electron chi connectivity index (χ3n) is 3.54. The zero-order valence-electron chi connectivity index (χ0n) is 13.3. The number of pyridine rings is 1. The van der Waals surface area contributed by atoms with Crippen LogP contribution in [0.4, 0.5) is 0 Å². The monoisotopic (exact) mass is 341 g/mol. The summed E-state index contributed by atoms with van der Waals surface area (Å²) in [5, 5.41) is 11.0. The Morgan fingerprint density at radius 1 is 1.17 bits per heavy atom. The van der Waals surface area contributed by atoms with Crippen molar-refractivity contribution in [2.24, 2.45) is 0 Å². The molecular formula is C19H16ClNO3. The lowest BCUT2D eigenvalue weighted by Gasteiger charge is -2.17. The third kappa shape index (κ3) is 3.05. The second kappa shape index (κ2) is 6.49. The van der Waals surface area contributed by atoms with Crippen molar-refractivity contribution in [1.29, 1.82) is 0 Å². The Morgan fingerprint density at radius 2 is 1.88 bits per heavy atom. The Bertz CT molecular complexity index is 907. The molecule has 1 aromatic heterocycles. The minimum absolute atomic E-state index is 0.0460. The van der Waals surface area contributed by atoms with Gasteiger partial charge in [-0.1, -0.05) is 41.9 Å². The molecule has 2 aromatic carbocycles. The maximum Gasteiger partial charge on any atom is 0.341 e. The highest BCUT2D eigenvalue weighted by molar-refractivity contribution is 6.31. The number of fused-ring (bicyclic) bond motifs is 1. The van der Waals surface area contributed by atoms with Crippen LogP contribution in [0.3, 0.4) is 0 Å². The Labute approximate surface area is 144 Å². The average Bonchev–Trinajstić information content (AvgIpc) is 2.54. The molecule has 0 amide bonds. The number of aromatic nitrogens is 1. The van der Waals surface area contributed by atoms with Crippen LogP contribution >= 0.6 is 11.6 Å². The van der Waals surface area contributed by atoms with Gasteiger partial charge in [0, 0.05) is 16.0 Å². The first-order chi connectivity index (χ1) is 11.5. The Hall–Kier alpha value is -2.59. The first-order valence-electron chi connectivity index (χ1n) is 7.56. The van der Waals surface area contributed by atoms with Gasteiger partial charge < -0.3 is 9.84 Å². The first-order valence-corrected chi connectivity index (χ1v) is 7.94. The van der Waals surface area contributed by atoms with Crippen LogP contribution in [0, 0.1) is 0 Å². The lowest BCUT2D eigenvalue weighted by Crippen LogP contribution is -2.13. The van der Waals surface area contributed by atoms with Crippen molar-refractivity contribution in [1.82, 2.24) is 4.98 Å². The Kier molecular flexibility index (Phi) is 4.40. The predicted octanol–water partition coefficient (Wildman–Crippen LogP) is 5.04. The number of hydrogen-bond donors (Lipinski definition) is 1. The van der Waals surface area contributed by atoms with Crippen LogP contribution < -0.4 is 4.74 Å². The quantitative estimate of drug-likeness (QED) is 0.722. The van der Waals surface area contributed by atoms with Gasteiger partial charge in [-0.3, -0.25) is 0 Å². The number of carbonyl (C=O) groups is 1. The second-order valence-electron chi connectivity index (χ2n) is 5.67. The molecule has 0 saturated carbocycles. The summed E-state index contributed by atoms with van der Waals surface area (Å²) in [5.74, 6) is -0.968. The van der Waals surface area contributed by atoms with E-state index in [1.165, 1.54) is 0 Å². The lowest BCUT2D eigenvalue weighted by atomic mass is 9.96. The molecule has 1 heterocycles. The Morgan fingerprint density at radius 3 is 2.50 bits per heavy atom. The molecule has 1 N–H and O–H groups in total. The summed E-state index contributed by atoms with van der Waals surface area (Å²) in [6.45, 7) is 3.67. The van der Waals surface area contributed by atoms with Crippen LogP contribution in [0.5, 0.6) is 5.88 Å². The van der Waals surface area contributed by atoms with Gasteiger partial charge in [-0.2, -0.15) is 0 Å². The van der Waals surface area contributed by atoms with E-state index in [2.05, 4.69) is 4.98 Å². The van der Waals surface area contributed by atoms with Crippen molar-refractivity contribution in [3.8, 4) is 17.0 Å². The Balaban J connectivity index is 2.44. The van der Waals surface area contributed by atoms with Crippen molar-refractivity contribution < 1.29 is 14.6 Å². The number of aromatic carboxylic acids is 1. The molecule has 0 fully saturated rings. The fraction of sp³-hybridized carbons (Fsp3) is 0.158. The molecule has 5 heteroatoms. The number of hydrogen-bond acceptors (Lipinski definition) is 3. The molecule has 0 atom stereocenters. The zero-order chi connectivity index (χ0) is 17.3. The average molecular weight is 342 g/mol. The van der Waals surface area contributed by atoms with Crippen LogP contribution in [0.25, 0.3) is 22.0 Å². The molecule has 3 rings (SSSR count). The van der Waals surface area contributed by atoms with E-state index in [0.29, 0.717) is 21.5 Å². The summed E-state index contributed by atoms with van der Waals surface area (Å²) < 4.78 is 5.68. The molecular weight excluding hydrogens is 326 g/mol. The van der Waals surface area contributed by atoms with Crippen molar-refractivity contribution in [3.63, 3.8) is 0 Å². The molecule has 0 aliphatic carbocycles. The van der Waals surface area contributed by atoms with Gasteiger partial charge in [-0.05, 0) is 37.6 Å². The van der Waals surface area contributed by atoms with Crippen LogP contribution in [0.1, 0.15) is 24.2 Å². The number of halogens is 1. The van der Waals surface area contributed by atoms with E-state index in [4.69, 9.17) is 16.3 Å². The minimum atomic E-state index is -1.08. The predicted molar refractivity (Wildman–Crippen MR) is 94.9 cm³/mol. The SMILES string of the molecule is CC(C)Oc1nc2ccc(Cl)cc2c(-c2ccccc2)c1C(=O)O. The topological polar surface area (TPSA) is 59.4 Å². The molecule has 0 aliphatic rings. The summed E-state index contributed by atoms with van der Waals surface area (Å²) >= 11 is 6.13. The molecule has 4 nitrogen and oxygen atoms in total. The molecule has 0 radical (unpaired) electrons. The third-order valence-corrected chi connectivity index (χ3v) is 3.77. The maximum absolute atomic E-state index is 12.0. The van der Waals surface area contributed by atoms with E-state index in [1.807, 2.05) is 44.2 Å². The number of rotatable bonds is 4. The van der Waals surface area contributed by atoms with E-state index in [1.54, 1.807) is 18.2 Å². The second-order valence-corrected chi connectivity index (χ2v) is 6.10. The van der Waals surface area contributed by atoms with E-state index in [-0.39, 0.29) is 17.5 Å². The number of ether oxygens (including phenoxy) is 1. The first kappa shape index (κ1) is 16.3. The molecule has 0 bridgehead atoms. The van der Waals surface area contributed by atoms with Gasteiger partial charge in [0.25, 0.3) is 0 Å². The van der Waals surface area contributed by atoms with Gasteiger partial charge in [0.2, 0.25) is 5.88 Å². The summed E-state index contributed by atoms with van der Waals surface area (Å²) in [7, 11) is 0. The number of nitrogens with zero attached hydrogens (tertiary/aromatic N) is 1. The zero-order valence-corrected chi connectivity index (χ0v) is 14.0. The van der Waals surface area contributed by atoms with Crippen LogP contribution in [0.15, 0.2) is 48.5 Å². The number of carboxylic acids is 1. The van der Waals surface area contributed by atoms with E-state index >= 15 is 0 Å². The molecule has 24 heavy (non-hydrogen) atoms. The van der Waals surface area contributed by atoms with Gasteiger partial charge >= 0.3 is 5.97 Å². The highest BCUT2D eigenvalue weighted by Gasteiger charge is 2.23. The molecule has 0 unspecified atom stereocenters. The summed E-state index contributed by atoms with van der Waals surface area (Å²) in [4.78, 5) is 16.4. The van der Waals surface area contributed by atoms with Crippen molar-refractivity contribution in [3.05, 3.63) is 59.1 Å². The van der Waals surface area contributed by atoms with E-state index < -0.39 is 5.97 Å². The van der Waals surface area contributed by atoms with Gasteiger partial charge in [-0.25, -0.2) is 9.78 Å². The fourth-order valence-corrected chi connectivity index (χ4v) is 2.80. The molecule has 0 saturated heterocycles. The van der Waals surface area contributed by atoms with Gasteiger partial charge in [0.15, 0.2) is 0 Å². The summed E-state index contributed by atoms with van der Waals surface area (Å²) in [5.41, 5.74) is 2.02. The maximum atomic E-state index is 12.0. The normalized spacial score (nSPS) is 11.0. The minimum Gasteiger partial charge on any atom is -0.477 e. The largest absolute Gasteiger partial charge is 0.477 e. The molecule has 122 valence electrons. The van der Waals surface area contributed by atoms with E-state index in [9.17, 15) is 9.90 Å². The van der Waals surface area contributed by atoms with Crippen molar-refractivity contribution in [2.75, 3.05) is 0 Å². The van der Waals surface area contributed by atoms with Crippen LogP contribution in [-0.4, -0.2) is 22.2 Å². The summed E-state index contributed by atoms with van der Waals surface area (Å²) in [6.07, 6.45) is -0.191. The lowest BCUT2D eigenvalue weighted by molar-refractivity contribution is 0.0690. The van der Waals surface area contributed by atoms with Crippen LogP contribution in [0.2, 0.25) is 5.02 Å². The van der Waals surface area contributed by atoms with Crippen molar-refractivity contribution >= 4 is 28.5 Å². The smallest absolute Gasteiger partial charge is 0.341 e. The molecule has 3 aromatic rings. The standard InChI is InChI=1S/C19H16ClNO3/c1-11(2)24-18-17(19(22)23)16(12-6-4-3-5-7-12)14-10-13(20)8-9-15(14)21-18/h3-11H,1-2H3,(H,22,23).